The number of nitrogens with zero attached hydrogens (tertiary/aromatic N) is 2. The fourth-order valence-corrected chi connectivity index (χ4v) is 2.62. The van der Waals surface area contributed by atoms with Gasteiger partial charge < -0.3 is 16.0 Å². The Hall–Kier alpha value is -3.68. The molecule has 0 fully saturated rings. The zero-order valence-corrected chi connectivity index (χ0v) is 15.3. The zero-order valence-electron chi connectivity index (χ0n) is 15.3. The van der Waals surface area contributed by atoms with Gasteiger partial charge in [-0.25, -0.2) is 13.9 Å². The lowest BCUT2D eigenvalue weighted by molar-refractivity contribution is -0.114. The Morgan fingerprint density at radius 3 is 2.57 bits per heavy atom. The third kappa shape index (κ3) is 5.16. The summed E-state index contributed by atoms with van der Waals surface area (Å²) in [5.41, 5.74) is 2.44. The number of amides is 3. The van der Waals surface area contributed by atoms with Crippen LogP contribution in [-0.2, 0) is 11.2 Å². The fraction of sp³-hybridized carbons (Fsp3) is 0.150. The second-order valence-electron chi connectivity index (χ2n) is 6.12. The second-order valence-corrected chi connectivity index (χ2v) is 6.12. The molecule has 1 aromatic heterocycles. The van der Waals surface area contributed by atoms with Gasteiger partial charge in [-0.2, -0.15) is 5.10 Å². The van der Waals surface area contributed by atoms with Gasteiger partial charge >= 0.3 is 6.03 Å². The highest BCUT2D eigenvalue weighted by Gasteiger charge is 2.07. The Kier molecular flexibility index (Phi) is 6.01. The van der Waals surface area contributed by atoms with E-state index in [-0.39, 0.29) is 11.6 Å². The standard InChI is InChI=1S/C20H20FN5O2/c1-14(27)24-19-13-16(5-8-18(19)21)25-20(28)22-11-9-15-3-6-17(7-4-15)26-12-2-10-23-26/h2-8,10,12-13H,9,11H2,1H3,(H,24,27)(H2,22,25,28). The number of carbonyl (C=O) groups is 2. The largest absolute Gasteiger partial charge is 0.338 e. The number of rotatable bonds is 6. The summed E-state index contributed by atoms with van der Waals surface area (Å²) < 4.78 is 15.4. The van der Waals surface area contributed by atoms with Crippen molar-refractivity contribution in [2.24, 2.45) is 0 Å². The second kappa shape index (κ2) is 8.81. The maximum Gasteiger partial charge on any atom is 0.319 e. The van der Waals surface area contributed by atoms with Gasteiger partial charge in [-0.1, -0.05) is 12.1 Å². The first-order chi connectivity index (χ1) is 13.5. The zero-order chi connectivity index (χ0) is 19.9. The molecule has 0 saturated carbocycles. The van der Waals surface area contributed by atoms with E-state index in [4.69, 9.17) is 0 Å². The molecule has 3 aromatic rings. The van der Waals surface area contributed by atoms with Gasteiger partial charge in [-0.05, 0) is 48.4 Å². The van der Waals surface area contributed by atoms with E-state index in [0.717, 1.165) is 11.3 Å². The summed E-state index contributed by atoms with van der Waals surface area (Å²) in [4.78, 5) is 23.1. The van der Waals surface area contributed by atoms with Gasteiger partial charge in [0.05, 0.1) is 11.4 Å². The summed E-state index contributed by atoms with van der Waals surface area (Å²) in [6, 6.07) is 13.3. The molecule has 0 bridgehead atoms. The molecule has 28 heavy (non-hydrogen) atoms. The summed E-state index contributed by atoms with van der Waals surface area (Å²) in [7, 11) is 0. The SMILES string of the molecule is CC(=O)Nc1cc(NC(=O)NCCc2ccc(-n3cccn3)cc2)ccc1F. The van der Waals surface area contributed by atoms with E-state index in [2.05, 4.69) is 21.0 Å². The Bertz CT molecular complexity index is 955. The lowest BCUT2D eigenvalue weighted by Crippen LogP contribution is -2.30. The first kappa shape index (κ1) is 19.1. The van der Waals surface area contributed by atoms with Crippen LogP contribution in [0.3, 0.4) is 0 Å². The van der Waals surface area contributed by atoms with Crippen molar-refractivity contribution in [1.82, 2.24) is 15.1 Å². The van der Waals surface area contributed by atoms with Crippen LogP contribution in [-0.4, -0.2) is 28.3 Å². The minimum atomic E-state index is -0.570. The Labute approximate surface area is 161 Å². The highest BCUT2D eigenvalue weighted by molar-refractivity contribution is 5.92. The maximum atomic E-state index is 13.6. The highest BCUT2D eigenvalue weighted by atomic mass is 19.1. The van der Waals surface area contributed by atoms with Crippen molar-refractivity contribution >= 4 is 23.3 Å². The van der Waals surface area contributed by atoms with Crippen LogP contribution in [0.25, 0.3) is 5.69 Å². The molecule has 0 saturated heterocycles. The Morgan fingerprint density at radius 1 is 1.11 bits per heavy atom. The molecule has 0 spiro atoms. The molecule has 0 atom stereocenters. The number of aromatic nitrogens is 2. The maximum absolute atomic E-state index is 13.6. The van der Waals surface area contributed by atoms with Crippen LogP contribution in [0.4, 0.5) is 20.6 Å². The molecule has 0 radical (unpaired) electrons. The number of hydrogen-bond acceptors (Lipinski definition) is 3. The predicted molar refractivity (Wildman–Crippen MR) is 105 cm³/mol. The molecule has 2 aromatic carbocycles. The molecule has 3 N–H and O–H groups in total. The average Bonchev–Trinajstić information content (AvgIpc) is 3.19. The van der Waals surface area contributed by atoms with Crippen molar-refractivity contribution in [2.45, 2.75) is 13.3 Å². The van der Waals surface area contributed by atoms with Crippen LogP contribution in [0.5, 0.6) is 0 Å². The molecule has 3 amide bonds. The van der Waals surface area contributed by atoms with E-state index in [9.17, 15) is 14.0 Å². The molecular formula is C20H20FN5O2. The average molecular weight is 381 g/mol. The van der Waals surface area contributed by atoms with Crippen molar-refractivity contribution in [3.63, 3.8) is 0 Å². The first-order valence-electron chi connectivity index (χ1n) is 8.72. The summed E-state index contributed by atoms with van der Waals surface area (Å²) in [6.07, 6.45) is 4.25. The van der Waals surface area contributed by atoms with Crippen LogP contribution in [0.1, 0.15) is 12.5 Å². The normalized spacial score (nSPS) is 10.4. The van der Waals surface area contributed by atoms with Gasteiger partial charge in [0.2, 0.25) is 5.91 Å². The molecule has 1 heterocycles. The number of urea groups is 1. The molecule has 0 aliphatic rings. The van der Waals surface area contributed by atoms with Crippen molar-refractivity contribution in [1.29, 1.82) is 0 Å². The molecule has 3 rings (SSSR count). The summed E-state index contributed by atoms with van der Waals surface area (Å²) in [5.74, 6) is -0.959. The van der Waals surface area contributed by atoms with Gasteiger partial charge in [-0.15, -0.1) is 0 Å². The van der Waals surface area contributed by atoms with Gasteiger partial charge in [0.1, 0.15) is 5.82 Å². The van der Waals surface area contributed by atoms with E-state index in [1.807, 2.05) is 36.5 Å². The molecule has 7 nitrogen and oxygen atoms in total. The topological polar surface area (TPSA) is 88.0 Å². The minimum absolute atomic E-state index is 0.0163. The lowest BCUT2D eigenvalue weighted by Gasteiger charge is -2.10. The Morgan fingerprint density at radius 2 is 1.89 bits per heavy atom. The van der Waals surface area contributed by atoms with E-state index in [0.29, 0.717) is 18.7 Å². The number of nitrogens with one attached hydrogen (secondary N) is 3. The first-order valence-corrected chi connectivity index (χ1v) is 8.72. The predicted octanol–water partition coefficient (Wildman–Crippen LogP) is 3.33. The molecule has 8 heteroatoms. The molecule has 0 aliphatic carbocycles. The van der Waals surface area contributed by atoms with Gasteiger partial charge in [0.15, 0.2) is 0 Å². The minimum Gasteiger partial charge on any atom is -0.338 e. The summed E-state index contributed by atoms with van der Waals surface area (Å²) in [5, 5.41) is 11.9. The van der Waals surface area contributed by atoms with E-state index >= 15 is 0 Å². The number of carbonyl (C=O) groups excluding carboxylic acids is 2. The highest BCUT2D eigenvalue weighted by Crippen LogP contribution is 2.19. The summed E-state index contributed by atoms with van der Waals surface area (Å²) in [6.45, 7) is 1.72. The molecule has 0 unspecified atom stereocenters. The third-order valence-corrected chi connectivity index (χ3v) is 3.94. The Balaban J connectivity index is 1.49. The van der Waals surface area contributed by atoms with Crippen LogP contribution in [0.15, 0.2) is 60.9 Å². The van der Waals surface area contributed by atoms with Gasteiger partial charge in [0, 0.05) is 31.5 Å². The van der Waals surface area contributed by atoms with Crippen molar-refractivity contribution in [3.8, 4) is 5.69 Å². The number of benzene rings is 2. The third-order valence-electron chi connectivity index (χ3n) is 3.94. The van der Waals surface area contributed by atoms with Crippen LogP contribution < -0.4 is 16.0 Å². The molecule has 0 aliphatic heterocycles. The number of halogens is 1. The van der Waals surface area contributed by atoms with Crippen molar-refractivity contribution < 1.29 is 14.0 Å². The van der Waals surface area contributed by atoms with E-state index in [1.54, 1.807) is 10.9 Å². The number of hydrogen-bond donors (Lipinski definition) is 3. The molecular weight excluding hydrogens is 361 g/mol. The van der Waals surface area contributed by atoms with Crippen LogP contribution in [0.2, 0.25) is 0 Å². The van der Waals surface area contributed by atoms with E-state index < -0.39 is 11.8 Å². The van der Waals surface area contributed by atoms with Gasteiger partial charge in [-0.3, -0.25) is 4.79 Å². The monoisotopic (exact) mass is 381 g/mol. The lowest BCUT2D eigenvalue weighted by atomic mass is 10.1. The van der Waals surface area contributed by atoms with Crippen molar-refractivity contribution in [2.75, 3.05) is 17.2 Å². The van der Waals surface area contributed by atoms with E-state index in [1.165, 1.54) is 25.1 Å². The summed E-state index contributed by atoms with van der Waals surface area (Å²) >= 11 is 0. The quantitative estimate of drug-likeness (QED) is 0.612. The van der Waals surface area contributed by atoms with Crippen LogP contribution >= 0.6 is 0 Å². The molecule has 144 valence electrons. The fourth-order valence-electron chi connectivity index (χ4n) is 2.62. The van der Waals surface area contributed by atoms with Crippen molar-refractivity contribution in [3.05, 3.63) is 72.3 Å². The van der Waals surface area contributed by atoms with Gasteiger partial charge in [0.25, 0.3) is 0 Å². The van der Waals surface area contributed by atoms with Crippen LogP contribution in [0, 0.1) is 5.82 Å². The number of anilines is 2. The smallest absolute Gasteiger partial charge is 0.319 e.